The second-order valence-electron chi connectivity index (χ2n) is 11.1. The van der Waals surface area contributed by atoms with Crippen molar-refractivity contribution in [2.45, 2.75) is 81.5 Å². The topological polar surface area (TPSA) is 73.9 Å². The van der Waals surface area contributed by atoms with Gasteiger partial charge in [0.1, 0.15) is 18.2 Å². The van der Waals surface area contributed by atoms with Crippen molar-refractivity contribution in [3.05, 3.63) is 53.4 Å². The predicted molar refractivity (Wildman–Crippen MR) is 136 cm³/mol. The average Bonchev–Trinajstić information content (AvgIpc) is 3.49. The zero-order valence-electron chi connectivity index (χ0n) is 22.3. The Hall–Kier alpha value is -2.95. The Kier molecular flexibility index (Phi) is 7.48. The first-order valence-corrected chi connectivity index (χ1v) is 13.4. The molecule has 0 radical (unpaired) electrons. The molecule has 8 nitrogen and oxygen atoms in total. The number of hydrogen-bond acceptors (Lipinski definition) is 6. The molecular formula is C27H36F3N7O. The van der Waals surface area contributed by atoms with Gasteiger partial charge in [-0.15, -0.1) is 15.3 Å². The van der Waals surface area contributed by atoms with Crippen molar-refractivity contribution in [2.24, 2.45) is 7.05 Å². The van der Waals surface area contributed by atoms with Crippen LogP contribution in [-0.2, 0) is 25.2 Å². The third kappa shape index (κ3) is 5.57. The van der Waals surface area contributed by atoms with Crippen LogP contribution in [-0.4, -0.2) is 55.3 Å². The van der Waals surface area contributed by atoms with E-state index in [2.05, 4.69) is 50.4 Å². The smallest absolute Gasteiger partial charge is 0.416 e. The van der Waals surface area contributed by atoms with Crippen molar-refractivity contribution in [3.63, 3.8) is 0 Å². The minimum atomic E-state index is -4.41. The molecule has 0 atom stereocenters. The van der Waals surface area contributed by atoms with E-state index in [1.807, 2.05) is 11.6 Å². The first kappa shape index (κ1) is 26.6. The molecule has 2 aliphatic rings. The standard InChI is InChI=1S/C27H36F3N7O/c1-35(2)15-14-26(12-5-13-26)23-17-37(34-31-23)21-10-8-19(9-11-21)25-33-32-24(36(25)3)18-38-22-7-4-6-20(16-22)27(28,29)30/h4,6-7,16-17,19,21H,5,8-15,18H2,1-3H3. The van der Waals surface area contributed by atoms with Crippen LogP contribution in [0.25, 0.3) is 0 Å². The largest absolute Gasteiger partial charge is 0.486 e. The highest BCUT2D eigenvalue weighted by molar-refractivity contribution is 5.30. The van der Waals surface area contributed by atoms with Crippen LogP contribution in [0.3, 0.4) is 0 Å². The van der Waals surface area contributed by atoms with E-state index < -0.39 is 11.7 Å². The van der Waals surface area contributed by atoms with Crippen LogP contribution in [0.15, 0.2) is 30.5 Å². The molecule has 38 heavy (non-hydrogen) atoms. The summed E-state index contributed by atoms with van der Waals surface area (Å²) in [5.74, 6) is 1.90. The van der Waals surface area contributed by atoms with Gasteiger partial charge in [0.25, 0.3) is 0 Å². The Bertz CT molecular complexity index is 1220. The van der Waals surface area contributed by atoms with Crippen LogP contribution in [0.5, 0.6) is 5.75 Å². The first-order valence-electron chi connectivity index (χ1n) is 13.4. The SMILES string of the molecule is CN(C)CCC1(c2cn(C3CCC(c4nnc(COc5cccc(C(F)(F)F)c5)n4C)CC3)nn2)CCC1. The maximum Gasteiger partial charge on any atom is 0.416 e. The van der Waals surface area contributed by atoms with Crippen molar-refractivity contribution in [1.29, 1.82) is 0 Å². The highest BCUT2D eigenvalue weighted by atomic mass is 19.4. The van der Waals surface area contributed by atoms with Gasteiger partial charge in [0.2, 0.25) is 0 Å². The molecule has 0 bridgehead atoms. The molecule has 3 aromatic rings. The molecule has 5 rings (SSSR count). The molecule has 1 aromatic carbocycles. The predicted octanol–water partition coefficient (Wildman–Crippen LogP) is 5.28. The van der Waals surface area contributed by atoms with E-state index in [1.54, 1.807) is 0 Å². The fraction of sp³-hybridized carbons (Fsp3) is 0.630. The number of halogens is 3. The first-order chi connectivity index (χ1) is 18.1. The fourth-order valence-electron chi connectivity index (χ4n) is 5.74. The monoisotopic (exact) mass is 531 g/mol. The summed E-state index contributed by atoms with van der Waals surface area (Å²) >= 11 is 0. The van der Waals surface area contributed by atoms with Gasteiger partial charge < -0.3 is 14.2 Å². The lowest BCUT2D eigenvalue weighted by Gasteiger charge is -2.41. The van der Waals surface area contributed by atoms with Crippen molar-refractivity contribution in [2.75, 3.05) is 20.6 Å². The summed E-state index contributed by atoms with van der Waals surface area (Å²) in [5, 5.41) is 17.8. The Labute approximate surface area is 221 Å². The number of aromatic nitrogens is 6. The third-order valence-corrected chi connectivity index (χ3v) is 8.37. The van der Waals surface area contributed by atoms with Gasteiger partial charge in [-0.05, 0) is 83.8 Å². The van der Waals surface area contributed by atoms with Crippen molar-refractivity contribution < 1.29 is 17.9 Å². The van der Waals surface area contributed by atoms with E-state index in [0.717, 1.165) is 62.3 Å². The average molecular weight is 532 g/mol. The molecule has 0 spiro atoms. The van der Waals surface area contributed by atoms with E-state index >= 15 is 0 Å². The Morgan fingerprint density at radius 3 is 2.50 bits per heavy atom. The zero-order chi connectivity index (χ0) is 26.9. The molecule has 2 saturated carbocycles. The van der Waals surface area contributed by atoms with Gasteiger partial charge in [-0.25, -0.2) is 4.68 Å². The molecule has 2 aliphatic carbocycles. The molecule has 0 saturated heterocycles. The highest BCUT2D eigenvalue weighted by Crippen LogP contribution is 2.46. The van der Waals surface area contributed by atoms with E-state index in [9.17, 15) is 13.2 Å². The third-order valence-electron chi connectivity index (χ3n) is 8.37. The maximum absolute atomic E-state index is 13.0. The molecule has 0 amide bonds. The molecule has 2 heterocycles. The summed E-state index contributed by atoms with van der Waals surface area (Å²) in [7, 11) is 6.12. The number of nitrogens with zero attached hydrogens (tertiary/aromatic N) is 7. The van der Waals surface area contributed by atoms with Gasteiger partial charge in [0.05, 0.1) is 17.3 Å². The van der Waals surface area contributed by atoms with Crippen molar-refractivity contribution in [3.8, 4) is 5.75 Å². The lowest BCUT2D eigenvalue weighted by molar-refractivity contribution is -0.137. The molecule has 11 heteroatoms. The minimum absolute atomic E-state index is 0.0530. The summed E-state index contributed by atoms with van der Waals surface area (Å²) in [6.07, 6.45) is 6.45. The number of rotatable bonds is 9. The van der Waals surface area contributed by atoms with Crippen LogP contribution < -0.4 is 4.74 Å². The van der Waals surface area contributed by atoms with E-state index in [1.165, 1.54) is 31.4 Å². The molecule has 2 aromatic heterocycles. The summed E-state index contributed by atoms with van der Waals surface area (Å²) in [4.78, 5) is 2.24. The summed E-state index contributed by atoms with van der Waals surface area (Å²) in [6, 6.07) is 5.21. The van der Waals surface area contributed by atoms with Crippen LogP contribution in [0.1, 0.15) is 86.2 Å². The Morgan fingerprint density at radius 1 is 1.08 bits per heavy atom. The van der Waals surface area contributed by atoms with Crippen LogP contribution >= 0.6 is 0 Å². The lowest BCUT2D eigenvalue weighted by Crippen LogP contribution is -2.37. The molecule has 0 aliphatic heterocycles. The van der Waals surface area contributed by atoms with Gasteiger partial charge >= 0.3 is 6.18 Å². The van der Waals surface area contributed by atoms with Crippen LogP contribution in [0.4, 0.5) is 13.2 Å². The number of ether oxygens (including phenoxy) is 1. The highest BCUT2D eigenvalue weighted by Gasteiger charge is 2.41. The summed E-state index contributed by atoms with van der Waals surface area (Å²) < 4.78 is 48.5. The normalized spacial score (nSPS) is 21.4. The molecule has 206 valence electrons. The second kappa shape index (κ2) is 10.7. The quantitative estimate of drug-likeness (QED) is 0.374. The van der Waals surface area contributed by atoms with Gasteiger partial charge in [-0.1, -0.05) is 17.7 Å². The number of hydrogen-bond donors (Lipinski definition) is 0. The van der Waals surface area contributed by atoms with Crippen LogP contribution in [0.2, 0.25) is 0 Å². The zero-order valence-corrected chi connectivity index (χ0v) is 22.3. The van der Waals surface area contributed by atoms with Gasteiger partial charge in [-0.2, -0.15) is 13.2 Å². The molecule has 2 fully saturated rings. The molecular weight excluding hydrogens is 495 g/mol. The van der Waals surface area contributed by atoms with Gasteiger partial charge in [-0.3, -0.25) is 0 Å². The number of alkyl halides is 3. The fourth-order valence-corrected chi connectivity index (χ4v) is 5.74. The summed E-state index contributed by atoms with van der Waals surface area (Å²) in [5.41, 5.74) is 0.595. The van der Waals surface area contributed by atoms with Gasteiger partial charge in [0, 0.05) is 24.6 Å². The van der Waals surface area contributed by atoms with E-state index in [4.69, 9.17) is 4.74 Å². The van der Waals surface area contributed by atoms with E-state index in [0.29, 0.717) is 11.9 Å². The summed E-state index contributed by atoms with van der Waals surface area (Å²) in [6.45, 7) is 1.11. The lowest BCUT2D eigenvalue weighted by atomic mass is 9.64. The molecule has 0 N–H and O–H groups in total. The van der Waals surface area contributed by atoms with E-state index in [-0.39, 0.29) is 23.7 Å². The van der Waals surface area contributed by atoms with Crippen molar-refractivity contribution in [1.82, 2.24) is 34.7 Å². The van der Waals surface area contributed by atoms with Crippen LogP contribution in [0, 0.1) is 0 Å². The second-order valence-corrected chi connectivity index (χ2v) is 11.1. The van der Waals surface area contributed by atoms with Crippen molar-refractivity contribution >= 4 is 0 Å². The van der Waals surface area contributed by atoms with Gasteiger partial charge in [0.15, 0.2) is 5.82 Å². The minimum Gasteiger partial charge on any atom is -0.486 e. The maximum atomic E-state index is 13.0. The number of benzene rings is 1. The Morgan fingerprint density at radius 2 is 1.84 bits per heavy atom. The Balaban J connectivity index is 1.17. The molecule has 0 unspecified atom stereocenters.